The summed E-state index contributed by atoms with van der Waals surface area (Å²) in [6.07, 6.45) is -4.65. The molecule has 0 spiro atoms. The highest BCUT2D eigenvalue weighted by Gasteiger charge is 2.34. The first-order valence-electron chi connectivity index (χ1n) is 8.04. The van der Waals surface area contributed by atoms with Crippen LogP contribution in [0.15, 0.2) is 47.4 Å². The van der Waals surface area contributed by atoms with Crippen molar-refractivity contribution in [2.45, 2.75) is 24.9 Å². The molecule has 0 atom stereocenters. The van der Waals surface area contributed by atoms with Crippen LogP contribution in [0.5, 0.6) is 0 Å². The van der Waals surface area contributed by atoms with Gasteiger partial charge >= 0.3 is 6.18 Å². The van der Waals surface area contributed by atoms with Crippen molar-refractivity contribution in [1.29, 1.82) is 0 Å². The first-order chi connectivity index (χ1) is 12.5. The summed E-state index contributed by atoms with van der Waals surface area (Å²) < 4.78 is 65.7. The van der Waals surface area contributed by atoms with Gasteiger partial charge < -0.3 is 5.32 Å². The van der Waals surface area contributed by atoms with Crippen molar-refractivity contribution >= 4 is 15.9 Å². The van der Waals surface area contributed by atoms with Crippen molar-refractivity contribution in [3.63, 3.8) is 0 Å². The fourth-order valence-electron chi connectivity index (χ4n) is 2.56. The molecule has 0 saturated heterocycles. The van der Waals surface area contributed by atoms with Gasteiger partial charge in [0.25, 0.3) is 5.91 Å². The molecular formula is C18H19F3N2O3S. The van der Waals surface area contributed by atoms with E-state index in [1.807, 2.05) is 6.92 Å². The number of alkyl halides is 3. The molecule has 0 unspecified atom stereocenters. The predicted octanol–water partition coefficient (Wildman–Crippen LogP) is 3.03. The van der Waals surface area contributed by atoms with Gasteiger partial charge in [-0.05, 0) is 37.6 Å². The molecule has 27 heavy (non-hydrogen) atoms. The van der Waals surface area contributed by atoms with Gasteiger partial charge in [-0.1, -0.05) is 29.8 Å². The minimum Gasteiger partial charge on any atom is -0.351 e. The summed E-state index contributed by atoms with van der Waals surface area (Å²) in [4.78, 5) is 12.1. The molecule has 5 nitrogen and oxygen atoms in total. The topological polar surface area (TPSA) is 75.3 Å². The number of nitrogens with one attached hydrogen (secondary N) is 2. The molecule has 1 amide bonds. The van der Waals surface area contributed by atoms with Crippen molar-refractivity contribution in [2.24, 2.45) is 0 Å². The molecule has 0 aliphatic heterocycles. The van der Waals surface area contributed by atoms with Crippen LogP contribution in [0.2, 0.25) is 0 Å². The van der Waals surface area contributed by atoms with Crippen LogP contribution in [0.3, 0.4) is 0 Å². The van der Waals surface area contributed by atoms with Gasteiger partial charge in [0.15, 0.2) is 0 Å². The van der Waals surface area contributed by atoms with Gasteiger partial charge in [-0.2, -0.15) is 13.2 Å². The maximum absolute atomic E-state index is 12.9. The van der Waals surface area contributed by atoms with Crippen LogP contribution in [0.4, 0.5) is 13.2 Å². The monoisotopic (exact) mass is 400 g/mol. The predicted molar refractivity (Wildman–Crippen MR) is 94.9 cm³/mol. The van der Waals surface area contributed by atoms with Gasteiger partial charge in [0.2, 0.25) is 10.0 Å². The Kier molecular flexibility index (Phi) is 6.27. The third kappa shape index (κ3) is 5.30. The van der Waals surface area contributed by atoms with Crippen LogP contribution < -0.4 is 10.0 Å². The van der Waals surface area contributed by atoms with E-state index in [4.69, 9.17) is 0 Å². The zero-order valence-electron chi connectivity index (χ0n) is 14.7. The zero-order chi connectivity index (χ0) is 20.2. The number of benzene rings is 2. The number of hydrogen-bond acceptors (Lipinski definition) is 3. The number of hydrogen-bond donors (Lipinski definition) is 2. The van der Waals surface area contributed by atoms with Crippen LogP contribution in [0.1, 0.15) is 27.0 Å². The number of sulfonamides is 1. The van der Waals surface area contributed by atoms with E-state index in [2.05, 4.69) is 10.0 Å². The summed E-state index contributed by atoms with van der Waals surface area (Å²) in [6.45, 7) is 3.19. The third-order valence-electron chi connectivity index (χ3n) is 3.80. The van der Waals surface area contributed by atoms with E-state index in [1.165, 1.54) is 18.2 Å². The number of halogens is 3. The molecule has 0 fully saturated rings. The number of carbonyl (C=O) groups is 1. The fourth-order valence-corrected chi connectivity index (χ4v) is 3.82. The van der Waals surface area contributed by atoms with E-state index in [-0.39, 0.29) is 18.0 Å². The number of rotatable bonds is 6. The Morgan fingerprint density at radius 1 is 1.04 bits per heavy atom. The van der Waals surface area contributed by atoms with E-state index in [0.717, 1.165) is 17.7 Å². The van der Waals surface area contributed by atoms with Gasteiger partial charge in [-0.25, -0.2) is 13.1 Å². The van der Waals surface area contributed by atoms with E-state index >= 15 is 0 Å². The highest BCUT2D eigenvalue weighted by molar-refractivity contribution is 7.89. The lowest BCUT2D eigenvalue weighted by atomic mass is 10.1. The summed E-state index contributed by atoms with van der Waals surface area (Å²) in [5.74, 6) is -0.923. The molecule has 0 saturated carbocycles. The number of aryl methyl sites for hydroxylation is 2. The fraction of sp³-hybridized carbons (Fsp3) is 0.278. The maximum atomic E-state index is 12.9. The number of carbonyl (C=O) groups excluding carboxylic acids is 1. The first-order valence-corrected chi connectivity index (χ1v) is 9.52. The third-order valence-corrected chi connectivity index (χ3v) is 5.42. The molecule has 2 N–H and O–H groups in total. The van der Waals surface area contributed by atoms with Crippen molar-refractivity contribution in [3.05, 3.63) is 64.7 Å². The van der Waals surface area contributed by atoms with Crippen molar-refractivity contribution in [1.82, 2.24) is 10.0 Å². The van der Waals surface area contributed by atoms with Crippen LogP contribution in [-0.2, 0) is 16.2 Å². The Bertz CT molecular complexity index is 941. The SMILES string of the molecule is Cc1ccc(S(=O)(=O)NCCNC(=O)c2ccccc2C(F)(F)F)c(C)c1. The Morgan fingerprint density at radius 3 is 2.33 bits per heavy atom. The quantitative estimate of drug-likeness (QED) is 0.732. The Morgan fingerprint density at radius 2 is 1.70 bits per heavy atom. The Labute approximate surface area is 155 Å². The summed E-state index contributed by atoms with van der Waals surface area (Å²) in [5, 5.41) is 2.29. The summed E-state index contributed by atoms with van der Waals surface area (Å²) >= 11 is 0. The lowest BCUT2D eigenvalue weighted by Gasteiger charge is -2.13. The standard InChI is InChI=1S/C18H19F3N2O3S/c1-12-7-8-16(13(2)11-12)27(25,26)23-10-9-22-17(24)14-5-3-4-6-15(14)18(19,20)21/h3-8,11,23H,9-10H2,1-2H3,(H,22,24). The van der Waals surface area contributed by atoms with Crippen LogP contribution in [-0.4, -0.2) is 27.4 Å². The largest absolute Gasteiger partial charge is 0.417 e. The molecule has 0 heterocycles. The van der Waals surface area contributed by atoms with E-state index < -0.39 is 33.2 Å². The van der Waals surface area contributed by atoms with Crippen LogP contribution in [0.25, 0.3) is 0 Å². The molecule has 9 heteroatoms. The molecular weight excluding hydrogens is 381 g/mol. The van der Waals surface area contributed by atoms with E-state index in [1.54, 1.807) is 19.1 Å². The maximum Gasteiger partial charge on any atom is 0.417 e. The lowest BCUT2D eigenvalue weighted by molar-refractivity contribution is -0.137. The lowest BCUT2D eigenvalue weighted by Crippen LogP contribution is -2.35. The zero-order valence-corrected chi connectivity index (χ0v) is 15.5. The molecule has 0 aliphatic rings. The minimum atomic E-state index is -4.65. The normalized spacial score (nSPS) is 12.0. The van der Waals surface area contributed by atoms with Gasteiger partial charge in [0, 0.05) is 13.1 Å². The van der Waals surface area contributed by atoms with Gasteiger partial charge in [-0.15, -0.1) is 0 Å². The summed E-state index contributed by atoms with van der Waals surface area (Å²) in [6, 6.07) is 9.27. The summed E-state index contributed by atoms with van der Waals surface area (Å²) in [7, 11) is -3.78. The Balaban J connectivity index is 1.98. The van der Waals surface area contributed by atoms with Crippen molar-refractivity contribution in [2.75, 3.05) is 13.1 Å². The molecule has 146 valence electrons. The smallest absolute Gasteiger partial charge is 0.351 e. The second-order valence-electron chi connectivity index (χ2n) is 5.97. The minimum absolute atomic E-state index is 0.113. The van der Waals surface area contributed by atoms with E-state index in [9.17, 15) is 26.4 Å². The molecule has 2 aromatic rings. The molecule has 0 bridgehead atoms. The molecule has 0 aliphatic carbocycles. The highest BCUT2D eigenvalue weighted by atomic mass is 32.2. The molecule has 0 radical (unpaired) electrons. The molecule has 0 aromatic heterocycles. The second-order valence-corrected chi connectivity index (χ2v) is 7.70. The van der Waals surface area contributed by atoms with Gasteiger partial charge in [0.1, 0.15) is 0 Å². The van der Waals surface area contributed by atoms with Gasteiger partial charge in [0.05, 0.1) is 16.0 Å². The first kappa shape index (κ1) is 20.9. The Hall–Kier alpha value is -2.39. The van der Waals surface area contributed by atoms with E-state index in [0.29, 0.717) is 5.56 Å². The van der Waals surface area contributed by atoms with Crippen molar-refractivity contribution in [3.8, 4) is 0 Å². The summed E-state index contributed by atoms with van der Waals surface area (Å²) in [5.41, 5.74) is -0.0618. The van der Waals surface area contributed by atoms with Crippen LogP contribution >= 0.6 is 0 Å². The van der Waals surface area contributed by atoms with Crippen LogP contribution in [0, 0.1) is 13.8 Å². The highest BCUT2D eigenvalue weighted by Crippen LogP contribution is 2.31. The second kappa shape index (κ2) is 8.10. The van der Waals surface area contributed by atoms with Gasteiger partial charge in [-0.3, -0.25) is 4.79 Å². The molecule has 2 aromatic carbocycles. The molecule has 2 rings (SSSR count). The average Bonchev–Trinajstić information content (AvgIpc) is 2.57. The number of amides is 1. The average molecular weight is 400 g/mol. The van der Waals surface area contributed by atoms with Crippen molar-refractivity contribution < 1.29 is 26.4 Å².